The Morgan fingerprint density at radius 2 is 0.370 bits per heavy atom. The van der Waals surface area contributed by atoms with Crippen molar-refractivity contribution in [2.75, 3.05) is 39.6 Å². The average Bonchev–Trinajstić information content (AvgIpc) is 0.898. The van der Waals surface area contributed by atoms with Crippen molar-refractivity contribution in [2.45, 2.75) is 508 Å². The van der Waals surface area contributed by atoms with Crippen LogP contribution in [-0.4, -0.2) is 96.7 Å². The van der Waals surface area contributed by atoms with Crippen LogP contribution in [0.3, 0.4) is 0 Å². The lowest BCUT2D eigenvalue weighted by Crippen LogP contribution is -2.30. The smallest absolute Gasteiger partial charge is 0.462 e. The van der Waals surface area contributed by atoms with Crippen LogP contribution in [0.15, 0.2) is 0 Å². The molecule has 0 bridgehead atoms. The van der Waals surface area contributed by atoms with Gasteiger partial charge in [-0.1, -0.05) is 439 Å². The number of rotatable bonds is 90. The van der Waals surface area contributed by atoms with Crippen molar-refractivity contribution >= 4 is 39.5 Å². The average molecular weight is 1580 g/mol. The van der Waals surface area contributed by atoms with Gasteiger partial charge in [-0.3, -0.25) is 37.3 Å². The van der Waals surface area contributed by atoms with Gasteiger partial charge in [-0.25, -0.2) is 9.13 Å². The zero-order chi connectivity index (χ0) is 78.9. The fraction of sp³-hybridized carbons (Fsp3) is 0.955. The van der Waals surface area contributed by atoms with Crippen LogP contribution in [0.25, 0.3) is 0 Å². The Morgan fingerprint density at radius 3 is 0.546 bits per heavy atom. The molecule has 0 amide bonds. The maximum Gasteiger partial charge on any atom is 0.472 e. The van der Waals surface area contributed by atoms with Crippen molar-refractivity contribution in [3.05, 3.63) is 0 Å². The summed E-state index contributed by atoms with van der Waals surface area (Å²) in [7, 11) is -9.93. The minimum absolute atomic E-state index is 0.110. The summed E-state index contributed by atoms with van der Waals surface area (Å²) in [6.45, 7) is 5.08. The first kappa shape index (κ1) is 106. The molecular formula is C89H174O17P2. The molecule has 0 saturated heterocycles. The molecule has 0 aliphatic heterocycles. The molecule has 0 aromatic rings. The second-order valence-electron chi connectivity index (χ2n) is 32.0. The molecule has 2 unspecified atom stereocenters. The van der Waals surface area contributed by atoms with Crippen molar-refractivity contribution in [3.8, 4) is 0 Å². The van der Waals surface area contributed by atoms with Crippen LogP contribution in [0.5, 0.6) is 0 Å². The lowest BCUT2D eigenvalue weighted by atomic mass is 10.0. The number of carbonyl (C=O) groups is 4. The second-order valence-corrected chi connectivity index (χ2v) is 34.9. The van der Waals surface area contributed by atoms with E-state index in [1.165, 1.54) is 321 Å². The van der Waals surface area contributed by atoms with Crippen LogP contribution in [0.1, 0.15) is 490 Å². The Morgan fingerprint density at radius 1 is 0.222 bits per heavy atom. The highest BCUT2D eigenvalue weighted by Gasteiger charge is 2.30. The molecule has 0 rings (SSSR count). The highest BCUT2D eigenvalue weighted by molar-refractivity contribution is 7.47. The van der Waals surface area contributed by atoms with Gasteiger partial charge in [0.25, 0.3) is 0 Å². The highest BCUT2D eigenvalue weighted by Crippen LogP contribution is 2.45. The van der Waals surface area contributed by atoms with Gasteiger partial charge in [-0.15, -0.1) is 0 Å². The van der Waals surface area contributed by atoms with Gasteiger partial charge in [0.1, 0.15) is 19.3 Å². The van der Waals surface area contributed by atoms with Gasteiger partial charge in [-0.2, -0.15) is 0 Å². The molecule has 642 valence electrons. The molecule has 17 nitrogen and oxygen atoms in total. The molecule has 0 aromatic carbocycles. The molecule has 3 N–H and O–H groups in total. The summed E-state index contributed by atoms with van der Waals surface area (Å²) < 4.78 is 69.0. The predicted octanol–water partition coefficient (Wildman–Crippen LogP) is 27.7. The van der Waals surface area contributed by atoms with Gasteiger partial charge in [0.15, 0.2) is 12.2 Å². The molecule has 0 aliphatic carbocycles. The number of phosphoric ester groups is 2. The topological polar surface area (TPSA) is 237 Å². The van der Waals surface area contributed by atoms with E-state index in [2.05, 4.69) is 27.7 Å². The van der Waals surface area contributed by atoms with Gasteiger partial charge in [0.05, 0.1) is 26.4 Å². The number of hydrogen-bond acceptors (Lipinski definition) is 15. The maximum absolute atomic E-state index is 13.2. The lowest BCUT2D eigenvalue weighted by molar-refractivity contribution is -0.161. The van der Waals surface area contributed by atoms with Crippen LogP contribution in [0, 0.1) is 0 Å². The fourth-order valence-electron chi connectivity index (χ4n) is 14.1. The van der Waals surface area contributed by atoms with Gasteiger partial charge in [-0.05, 0) is 25.7 Å². The van der Waals surface area contributed by atoms with E-state index < -0.39 is 97.5 Å². The molecule has 0 radical (unpaired) electrons. The molecule has 0 aliphatic rings. The molecule has 108 heavy (non-hydrogen) atoms. The van der Waals surface area contributed by atoms with Crippen LogP contribution in [0.2, 0.25) is 0 Å². The zero-order valence-electron chi connectivity index (χ0n) is 70.8. The number of aliphatic hydroxyl groups is 1. The molecule has 0 heterocycles. The van der Waals surface area contributed by atoms with Crippen molar-refractivity contribution in [2.24, 2.45) is 0 Å². The number of ether oxygens (including phenoxy) is 4. The normalized spacial score (nSPS) is 13.7. The monoisotopic (exact) mass is 1580 g/mol. The van der Waals surface area contributed by atoms with Gasteiger partial charge >= 0.3 is 39.5 Å². The number of phosphoric acid groups is 2. The van der Waals surface area contributed by atoms with E-state index in [0.29, 0.717) is 25.7 Å². The Bertz CT molecular complexity index is 2030. The molecule has 5 atom stereocenters. The van der Waals surface area contributed by atoms with Crippen molar-refractivity contribution < 1.29 is 80.2 Å². The first-order valence-corrected chi connectivity index (χ1v) is 49.3. The zero-order valence-corrected chi connectivity index (χ0v) is 72.6. The third-order valence-electron chi connectivity index (χ3n) is 21.1. The molecular weight excluding hydrogens is 1400 g/mol. The third-order valence-corrected chi connectivity index (χ3v) is 23.0. The minimum atomic E-state index is -4.97. The predicted molar refractivity (Wildman–Crippen MR) is 446 cm³/mol. The van der Waals surface area contributed by atoms with Crippen LogP contribution >= 0.6 is 15.6 Å². The Labute approximate surface area is 664 Å². The van der Waals surface area contributed by atoms with E-state index in [1.807, 2.05) is 0 Å². The van der Waals surface area contributed by atoms with Crippen LogP contribution in [-0.2, 0) is 65.4 Å². The van der Waals surface area contributed by atoms with E-state index in [0.717, 1.165) is 89.9 Å². The molecule has 19 heteroatoms. The van der Waals surface area contributed by atoms with E-state index in [9.17, 15) is 43.2 Å². The quantitative estimate of drug-likeness (QED) is 0.0222. The fourth-order valence-corrected chi connectivity index (χ4v) is 15.6. The number of unbranched alkanes of at least 4 members (excludes halogenated alkanes) is 64. The third kappa shape index (κ3) is 82.1. The SMILES string of the molecule is CCCCCCCCCCCCCCCCCCCCCCC(=O)O[C@H](COC(=O)CCCCCCCCCCCCCCCCCCCC)COP(=O)(O)OC[C@@H](O)COP(=O)(O)OC[C@@H](COC(=O)CCCCCCCCCCCCCC)OC(=O)CCCCCCCCCCCCCCCCCCCC. The lowest BCUT2D eigenvalue weighted by Gasteiger charge is -2.21. The van der Waals surface area contributed by atoms with Gasteiger partial charge < -0.3 is 33.8 Å². The number of esters is 4. The highest BCUT2D eigenvalue weighted by atomic mass is 31.2. The van der Waals surface area contributed by atoms with Gasteiger partial charge in [0, 0.05) is 25.7 Å². The first-order valence-electron chi connectivity index (χ1n) is 46.3. The Balaban J connectivity index is 5.25. The minimum Gasteiger partial charge on any atom is -0.462 e. The van der Waals surface area contributed by atoms with Gasteiger partial charge in [0.2, 0.25) is 0 Å². The van der Waals surface area contributed by atoms with E-state index in [1.54, 1.807) is 0 Å². The summed E-state index contributed by atoms with van der Waals surface area (Å²) in [5, 5.41) is 10.7. The number of aliphatic hydroxyl groups excluding tert-OH is 1. The summed E-state index contributed by atoms with van der Waals surface area (Å²) >= 11 is 0. The van der Waals surface area contributed by atoms with Crippen molar-refractivity contribution in [1.82, 2.24) is 0 Å². The second kappa shape index (κ2) is 83.0. The molecule has 0 saturated carbocycles. The number of carbonyl (C=O) groups excluding carboxylic acids is 4. The summed E-state index contributed by atoms with van der Waals surface area (Å²) in [6, 6.07) is 0. The molecule has 0 fully saturated rings. The van der Waals surface area contributed by atoms with E-state index in [4.69, 9.17) is 37.0 Å². The summed E-state index contributed by atoms with van der Waals surface area (Å²) in [5.41, 5.74) is 0. The maximum atomic E-state index is 13.2. The molecule has 0 aromatic heterocycles. The van der Waals surface area contributed by atoms with Crippen molar-refractivity contribution in [1.29, 1.82) is 0 Å². The Hall–Kier alpha value is -1.94. The standard InChI is InChI=1S/C89H174O17P2/c1-5-9-13-17-21-25-29-33-36-39-42-43-46-49-52-56-60-64-68-72-76-89(94)106-85(80-100-87(92)74-70-66-62-58-54-50-47-44-40-37-34-30-26-22-18-14-10-6-2)82-104-108(97,98)102-78-83(90)77-101-107(95,96)103-81-84(79-99-86(91)73-69-65-61-57-53-32-28-24-20-16-12-8-4)105-88(93)75-71-67-63-59-55-51-48-45-41-38-35-31-27-23-19-15-11-7-3/h83-85,90H,5-82H2,1-4H3,(H,95,96)(H,97,98)/t83-,84+,85+/m0/s1. The summed E-state index contributed by atoms with van der Waals surface area (Å²) in [4.78, 5) is 73.4. The van der Waals surface area contributed by atoms with Crippen LogP contribution < -0.4 is 0 Å². The summed E-state index contributed by atoms with van der Waals surface area (Å²) in [5.74, 6) is -2.09. The van der Waals surface area contributed by atoms with Crippen LogP contribution in [0.4, 0.5) is 0 Å². The van der Waals surface area contributed by atoms with E-state index >= 15 is 0 Å². The van der Waals surface area contributed by atoms with E-state index in [-0.39, 0.29) is 25.7 Å². The molecule has 0 spiro atoms. The summed E-state index contributed by atoms with van der Waals surface area (Å²) in [6.07, 6.45) is 79.1. The van der Waals surface area contributed by atoms with Crippen molar-refractivity contribution in [3.63, 3.8) is 0 Å². The Kier molecular flexibility index (Phi) is 81.5. The largest absolute Gasteiger partial charge is 0.472 e. The first-order chi connectivity index (χ1) is 52.7. The number of hydrogen-bond donors (Lipinski definition) is 3.